The second kappa shape index (κ2) is 5.57. The average molecular weight is 281 g/mol. The van der Waals surface area contributed by atoms with Gasteiger partial charge in [0.2, 0.25) is 5.78 Å². The Morgan fingerprint density at radius 2 is 2.16 bits per heavy atom. The van der Waals surface area contributed by atoms with E-state index in [2.05, 4.69) is 10.2 Å². The van der Waals surface area contributed by atoms with Crippen LogP contribution in [0.5, 0.6) is 0 Å². The number of carbonyl (C=O) groups is 1. The highest BCUT2D eigenvalue weighted by atomic mass is 35.5. The second-order valence-electron chi connectivity index (χ2n) is 4.39. The van der Waals surface area contributed by atoms with Crippen LogP contribution in [0, 0.1) is 0 Å². The third-order valence-electron chi connectivity index (χ3n) is 2.97. The van der Waals surface area contributed by atoms with Crippen molar-refractivity contribution in [2.75, 3.05) is 0 Å². The first-order valence-corrected chi connectivity index (χ1v) is 6.75. The van der Waals surface area contributed by atoms with E-state index in [-0.39, 0.29) is 5.78 Å². The Labute approximate surface area is 117 Å². The smallest absolute Gasteiger partial charge is 0.230 e. The Morgan fingerprint density at radius 3 is 2.74 bits per heavy atom. The highest BCUT2D eigenvalue weighted by Crippen LogP contribution is 2.20. The van der Waals surface area contributed by atoms with E-state index in [4.69, 9.17) is 11.6 Å². The van der Waals surface area contributed by atoms with Gasteiger partial charge in [0.05, 0.1) is 16.9 Å². The molecule has 0 saturated heterocycles. The lowest BCUT2D eigenvalue weighted by Gasteiger charge is -2.05. The van der Waals surface area contributed by atoms with Crippen LogP contribution in [-0.4, -0.2) is 25.3 Å². The summed E-state index contributed by atoms with van der Waals surface area (Å²) in [5, 5.41) is 8.82. The van der Waals surface area contributed by atoms with E-state index in [1.54, 1.807) is 16.4 Å². The zero-order valence-corrected chi connectivity index (χ0v) is 12.1. The number of ketones is 1. The van der Waals surface area contributed by atoms with Gasteiger partial charge in [0.1, 0.15) is 11.4 Å². The highest BCUT2D eigenvalue weighted by Gasteiger charge is 2.22. The Balaban J connectivity index is 2.43. The quantitative estimate of drug-likeness (QED) is 0.791. The van der Waals surface area contributed by atoms with E-state index >= 15 is 0 Å². The fraction of sp³-hybridized carbons (Fsp3) is 0.462. The Kier molecular flexibility index (Phi) is 4.04. The first kappa shape index (κ1) is 13.8. The van der Waals surface area contributed by atoms with Gasteiger partial charge in [-0.15, -0.1) is 0 Å². The third-order valence-corrected chi connectivity index (χ3v) is 3.25. The molecule has 0 unspecified atom stereocenters. The van der Waals surface area contributed by atoms with Gasteiger partial charge >= 0.3 is 0 Å². The molecule has 2 rings (SSSR count). The Hall–Kier alpha value is -1.62. The van der Waals surface area contributed by atoms with Crippen molar-refractivity contribution < 1.29 is 4.79 Å². The largest absolute Gasteiger partial charge is 0.285 e. The zero-order chi connectivity index (χ0) is 14.0. The summed E-state index contributed by atoms with van der Waals surface area (Å²) in [6.45, 7) is 4.71. The minimum absolute atomic E-state index is 0.134. The van der Waals surface area contributed by atoms with Gasteiger partial charge in [-0.05, 0) is 18.9 Å². The Bertz CT molecular complexity index is 600. The van der Waals surface area contributed by atoms with Crippen molar-refractivity contribution in [3.8, 4) is 0 Å². The number of halogens is 1. The van der Waals surface area contributed by atoms with Crippen molar-refractivity contribution in [3.63, 3.8) is 0 Å². The minimum Gasteiger partial charge on any atom is -0.285 e. The molecule has 0 bridgehead atoms. The van der Waals surface area contributed by atoms with Crippen LogP contribution in [-0.2, 0) is 20.0 Å². The zero-order valence-electron chi connectivity index (χ0n) is 11.4. The van der Waals surface area contributed by atoms with Crippen molar-refractivity contribution in [2.24, 2.45) is 7.05 Å². The molecule has 2 aromatic rings. The van der Waals surface area contributed by atoms with Crippen LogP contribution < -0.4 is 0 Å². The van der Waals surface area contributed by atoms with E-state index in [1.807, 2.05) is 19.9 Å². The van der Waals surface area contributed by atoms with E-state index in [9.17, 15) is 4.79 Å². The fourth-order valence-electron chi connectivity index (χ4n) is 2.00. The SMILES string of the molecule is CCCn1ncc(Cl)c1C(=O)c1cc(CC)nn1C. The lowest BCUT2D eigenvalue weighted by Crippen LogP contribution is -2.15. The molecular formula is C13H17ClN4O. The standard InChI is InChI=1S/C13H17ClN4O/c1-4-6-18-12(10(14)8-15-18)13(19)11-7-9(5-2)16-17(11)3/h7-8H,4-6H2,1-3H3. The summed E-state index contributed by atoms with van der Waals surface area (Å²) < 4.78 is 3.25. The molecule has 0 N–H and O–H groups in total. The summed E-state index contributed by atoms with van der Waals surface area (Å²) in [5.74, 6) is -0.134. The third kappa shape index (κ3) is 2.56. The monoisotopic (exact) mass is 280 g/mol. The van der Waals surface area contributed by atoms with Gasteiger partial charge in [-0.2, -0.15) is 10.2 Å². The molecule has 102 valence electrons. The van der Waals surface area contributed by atoms with Crippen LogP contribution in [0.1, 0.15) is 42.1 Å². The van der Waals surface area contributed by atoms with E-state index in [1.165, 1.54) is 6.20 Å². The number of nitrogens with zero attached hydrogens (tertiary/aromatic N) is 4. The second-order valence-corrected chi connectivity index (χ2v) is 4.80. The number of carbonyl (C=O) groups excluding carboxylic acids is 1. The van der Waals surface area contributed by atoms with E-state index < -0.39 is 0 Å². The van der Waals surface area contributed by atoms with Crippen molar-refractivity contribution in [3.05, 3.63) is 34.4 Å². The van der Waals surface area contributed by atoms with Gasteiger partial charge in [-0.25, -0.2) is 0 Å². The van der Waals surface area contributed by atoms with E-state index in [0.717, 1.165) is 18.5 Å². The lowest BCUT2D eigenvalue weighted by atomic mass is 10.2. The normalized spacial score (nSPS) is 10.9. The van der Waals surface area contributed by atoms with Crippen LogP contribution in [0.3, 0.4) is 0 Å². The van der Waals surface area contributed by atoms with Gasteiger partial charge in [0.25, 0.3) is 0 Å². The molecule has 0 saturated carbocycles. The number of rotatable bonds is 5. The number of aryl methyl sites for hydroxylation is 3. The molecular weight excluding hydrogens is 264 g/mol. The topological polar surface area (TPSA) is 52.7 Å². The maximum absolute atomic E-state index is 12.6. The molecule has 2 aromatic heterocycles. The maximum Gasteiger partial charge on any atom is 0.230 e. The van der Waals surface area contributed by atoms with Gasteiger partial charge < -0.3 is 0 Å². The van der Waals surface area contributed by atoms with Crippen LogP contribution in [0.25, 0.3) is 0 Å². The predicted octanol–water partition coefficient (Wildman–Crippen LogP) is 2.47. The molecule has 0 amide bonds. The first-order chi connectivity index (χ1) is 9.08. The molecule has 0 fully saturated rings. The van der Waals surface area contributed by atoms with Crippen molar-refractivity contribution in [1.29, 1.82) is 0 Å². The maximum atomic E-state index is 12.6. The van der Waals surface area contributed by atoms with Gasteiger partial charge in [0.15, 0.2) is 0 Å². The lowest BCUT2D eigenvalue weighted by molar-refractivity contribution is 0.102. The van der Waals surface area contributed by atoms with Crippen LogP contribution in [0.4, 0.5) is 0 Å². The average Bonchev–Trinajstić information content (AvgIpc) is 2.93. The summed E-state index contributed by atoms with van der Waals surface area (Å²) in [4.78, 5) is 12.6. The van der Waals surface area contributed by atoms with Crippen molar-refractivity contribution in [2.45, 2.75) is 33.2 Å². The number of hydrogen-bond acceptors (Lipinski definition) is 3. The van der Waals surface area contributed by atoms with Gasteiger partial charge in [-0.3, -0.25) is 14.2 Å². The molecule has 2 heterocycles. The van der Waals surface area contributed by atoms with Crippen LogP contribution >= 0.6 is 11.6 Å². The van der Waals surface area contributed by atoms with Crippen LogP contribution in [0.15, 0.2) is 12.3 Å². The molecule has 6 heteroatoms. The molecule has 0 aliphatic rings. The van der Waals surface area contributed by atoms with Crippen molar-refractivity contribution >= 4 is 17.4 Å². The molecule has 0 atom stereocenters. The summed E-state index contributed by atoms with van der Waals surface area (Å²) in [7, 11) is 1.76. The summed E-state index contributed by atoms with van der Waals surface area (Å²) >= 11 is 6.08. The highest BCUT2D eigenvalue weighted by molar-refractivity contribution is 6.34. The molecule has 0 aliphatic heterocycles. The predicted molar refractivity (Wildman–Crippen MR) is 73.5 cm³/mol. The summed E-state index contributed by atoms with van der Waals surface area (Å²) in [6, 6.07) is 1.81. The van der Waals surface area contributed by atoms with E-state index in [0.29, 0.717) is 23.0 Å². The molecule has 19 heavy (non-hydrogen) atoms. The van der Waals surface area contributed by atoms with Gasteiger partial charge in [-0.1, -0.05) is 25.4 Å². The molecule has 0 aromatic carbocycles. The van der Waals surface area contributed by atoms with Gasteiger partial charge in [0, 0.05) is 13.6 Å². The molecule has 0 aliphatic carbocycles. The minimum atomic E-state index is -0.134. The first-order valence-electron chi connectivity index (χ1n) is 6.37. The van der Waals surface area contributed by atoms with Crippen LogP contribution in [0.2, 0.25) is 5.02 Å². The Morgan fingerprint density at radius 1 is 1.42 bits per heavy atom. The molecule has 0 spiro atoms. The summed E-state index contributed by atoms with van der Waals surface area (Å²) in [5.41, 5.74) is 1.87. The summed E-state index contributed by atoms with van der Waals surface area (Å²) in [6.07, 6.45) is 3.20. The number of aromatic nitrogens is 4. The number of hydrogen-bond donors (Lipinski definition) is 0. The fourth-order valence-corrected chi connectivity index (χ4v) is 2.23. The molecule has 5 nitrogen and oxygen atoms in total. The molecule has 0 radical (unpaired) electrons. The van der Waals surface area contributed by atoms with Crippen molar-refractivity contribution in [1.82, 2.24) is 19.6 Å².